The molecule has 1 rings (SSSR count). The van der Waals surface area contributed by atoms with Gasteiger partial charge in [-0.3, -0.25) is 4.79 Å². The van der Waals surface area contributed by atoms with Gasteiger partial charge in [-0.25, -0.2) is 0 Å². The first-order valence-electron chi connectivity index (χ1n) is 7.73. The highest BCUT2D eigenvalue weighted by atomic mass is 35.5. The summed E-state index contributed by atoms with van der Waals surface area (Å²) in [6.45, 7) is 6.23. The average molecular weight is 328 g/mol. The number of methoxy groups -OCH3 is 1. The van der Waals surface area contributed by atoms with Gasteiger partial charge < -0.3 is 14.4 Å². The zero-order valence-electron chi connectivity index (χ0n) is 13.7. The minimum atomic E-state index is -0.0902. The number of para-hydroxylation sites is 1. The van der Waals surface area contributed by atoms with Crippen LogP contribution in [0.2, 0.25) is 0 Å². The molecule has 1 aromatic carbocycles. The zero-order chi connectivity index (χ0) is 16.4. The van der Waals surface area contributed by atoms with Crippen LogP contribution < -0.4 is 4.90 Å². The Morgan fingerprint density at radius 1 is 1.14 bits per heavy atom. The van der Waals surface area contributed by atoms with Gasteiger partial charge in [0.1, 0.15) is 5.88 Å². The Labute approximate surface area is 138 Å². The molecule has 0 aliphatic carbocycles. The molecule has 1 amide bonds. The first-order valence-corrected chi connectivity index (χ1v) is 8.26. The molecule has 22 heavy (non-hydrogen) atoms. The SMILES string of the molecule is CCc1cccc(CC)c1N(CCOCCOC)C(=O)CCl. The summed E-state index contributed by atoms with van der Waals surface area (Å²) < 4.78 is 10.5. The fraction of sp³-hybridized carbons (Fsp3) is 0.588. The highest BCUT2D eigenvalue weighted by Gasteiger charge is 2.20. The Morgan fingerprint density at radius 3 is 2.27 bits per heavy atom. The van der Waals surface area contributed by atoms with Gasteiger partial charge in [0.2, 0.25) is 5.91 Å². The van der Waals surface area contributed by atoms with E-state index in [9.17, 15) is 4.79 Å². The Kier molecular flexibility index (Phi) is 9.13. The van der Waals surface area contributed by atoms with Crippen molar-refractivity contribution in [1.82, 2.24) is 0 Å². The average Bonchev–Trinajstić information content (AvgIpc) is 2.57. The van der Waals surface area contributed by atoms with E-state index in [4.69, 9.17) is 21.1 Å². The van der Waals surface area contributed by atoms with Crippen molar-refractivity contribution < 1.29 is 14.3 Å². The molecule has 0 aliphatic rings. The van der Waals surface area contributed by atoms with Gasteiger partial charge in [0.15, 0.2) is 0 Å². The van der Waals surface area contributed by atoms with E-state index in [1.54, 1.807) is 12.0 Å². The lowest BCUT2D eigenvalue weighted by Crippen LogP contribution is -2.36. The third-order valence-corrected chi connectivity index (χ3v) is 3.77. The van der Waals surface area contributed by atoms with E-state index in [1.165, 1.54) is 0 Å². The minimum absolute atomic E-state index is 0.0285. The molecule has 0 spiro atoms. The Balaban J connectivity index is 2.94. The zero-order valence-corrected chi connectivity index (χ0v) is 14.5. The number of benzene rings is 1. The van der Waals surface area contributed by atoms with E-state index < -0.39 is 0 Å². The maximum atomic E-state index is 12.3. The van der Waals surface area contributed by atoms with Crippen LogP contribution in [0.5, 0.6) is 0 Å². The van der Waals surface area contributed by atoms with Gasteiger partial charge in [-0.1, -0.05) is 32.0 Å². The fourth-order valence-corrected chi connectivity index (χ4v) is 2.54. The molecule has 0 N–H and O–H groups in total. The molecule has 124 valence electrons. The van der Waals surface area contributed by atoms with Crippen LogP contribution in [0.4, 0.5) is 5.69 Å². The van der Waals surface area contributed by atoms with E-state index in [-0.39, 0.29) is 11.8 Å². The quantitative estimate of drug-likeness (QED) is 0.490. The lowest BCUT2D eigenvalue weighted by atomic mass is 10.0. The molecule has 0 bridgehead atoms. The standard InChI is InChI=1S/C17H26ClNO3/c1-4-14-7-6-8-15(5-2)17(14)19(16(20)13-18)9-10-22-12-11-21-3/h6-8H,4-5,9-13H2,1-3H3. The first kappa shape index (κ1) is 18.9. The van der Waals surface area contributed by atoms with Crippen molar-refractivity contribution in [2.75, 3.05) is 44.3 Å². The fourth-order valence-electron chi connectivity index (χ4n) is 2.40. The smallest absolute Gasteiger partial charge is 0.242 e. The Bertz CT molecular complexity index is 443. The van der Waals surface area contributed by atoms with Crippen LogP contribution in [0.25, 0.3) is 0 Å². The summed E-state index contributed by atoms with van der Waals surface area (Å²) in [5.74, 6) is -0.119. The molecule has 0 heterocycles. The number of carbonyl (C=O) groups excluding carboxylic acids is 1. The number of ether oxygens (including phenoxy) is 2. The molecule has 0 aromatic heterocycles. The number of halogens is 1. The normalized spacial score (nSPS) is 10.7. The van der Waals surface area contributed by atoms with Gasteiger partial charge in [0, 0.05) is 13.7 Å². The van der Waals surface area contributed by atoms with Crippen molar-refractivity contribution in [3.8, 4) is 0 Å². The van der Waals surface area contributed by atoms with E-state index >= 15 is 0 Å². The van der Waals surface area contributed by atoms with Crippen molar-refractivity contribution in [3.05, 3.63) is 29.3 Å². The maximum Gasteiger partial charge on any atom is 0.242 e. The number of carbonyl (C=O) groups is 1. The summed E-state index contributed by atoms with van der Waals surface area (Å²) in [7, 11) is 1.64. The third kappa shape index (κ3) is 5.27. The Hall–Kier alpha value is -1.10. The summed E-state index contributed by atoms with van der Waals surface area (Å²) in [6, 6.07) is 6.17. The van der Waals surface area contributed by atoms with Gasteiger partial charge in [0.05, 0.1) is 25.5 Å². The molecule has 0 atom stereocenters. The van der Waals surface area contributed by atoms with E-state index in [1.807, 2.05) is 6.07 Å². The van der Waals surface area contributed by atoms with Crippen LogP contribution in [0.1, 0.15) is 25.0 Å². The summed E-state index contributed by atoms with van der Waals surface area (Å²) in [4.78, 5) is 14.0. The van der Waals surface area contributed by atoms with Crippen molar-refractivity contribution in [3.63, 3.8) is 0 Å². The first-order chi connectivity index (χ1) is 10.7. The van der Waals surface area contributed by atoms with Crippen LogP contribution in [0.15, 0.2) is 18.2 Å². The largest absolute Gasteiger partial charge is 0.382 e. The Morgan fingerprint density at radius 2 is 1.77 bits per heavy atom. The number of hydrogen-bond donors (Lipinski definition) is 0. The molecular weight excluding hydrogens is 302 g/mol. The second-order valence-corrected chi connectivity index (χ2v) is 5.18. The lowest BCUT2D eigenvalue weighted by molar-refractivity contribution is -0.116. The highest BCUT2D eigenvalue weighted by Crippen LogP contribution is 2.27. The molecule has 4 nitrogen and oxygen atoms in total. The van der Waals surface area contributed by atoms with Crippen molar-refractivity contribution >= 4 is 23.2 Å². The summed E-state index contributed by atoms with van der Waals surface area (Å²) in [5.41, 5.74) is 3.32. The van der Waals surface area contributed by atoms with Gasteiger partial charge in [-0.2, -0.15) is 0 Å². The van der Waals surface area contributed by atoms with Gasteiger partial charge in [-0.05, 0) is 24.0 Å². The van der Waals surface area contributed by atoms with Crippen LogP contribution in [-0.2, 0) is 27.1 Å². The minimum Gasteiger partial charge on any atom is -0.382 e. The van der Waals surface area contributed by atoms with Gasteiger partial charge in [0.25, 0.3) is 0 Å². The van der Waals surface area contributed by atoms with Crippen molar-refractivity contribution in [2.45, 2.75) is 26.7 Å². The summed E-state index contributed by atoms with van der Waals surface area (Å²) >= 11 is 5.80. The monoisotopic (exact) mass is 327 g/mol. The number of hydrogen-bond acceptors (Lipinski definition) is 3. The maximum absolute atomic E-state index is 12.3. The van der Waals surface area contributed by atoms with Crippen LogP contribution >= 0.6 is 11.6 Å². The molecule has 0 aliphatic heterocycles. The number of nitrogens with zero attached hydrogens (tertiary/aromatic N) is 1. The van der Waals surface area contributed by atoms with E-state index in [0.29, 0.717) is 26.4 Å². The van der Waals surface area contributed by atoms with E-state index in [2.05, 4.69) is 26.0 Å². The van der Waals surface area contributed by atoms with Gasteiger partial charge in [-0.15, -0.1) is 11.6 Å². The molecule has 0 radical (unpaired) electrons. The third-order valence-electron chi connectivity index (χ3n) is 3.54. The van der Waals surface area contributed by atoms with Crippen LogP contribution in [0.3, 0.4) is 0 Å². The molecule has 0 saturated heterocycles. The molecule has 0 saturated carbocycles. The van der Waals surface area contributed by atoms with Crippen molar-refractivity contribution in [2.24, 2.45) is 0 Å². The molecule has 0 unspecified atom stereocenters. The summed E-state index contributed by atoms with van der Waals surface area (Å²) in [5, 5.41) is 0. The lowest BCUT2D eigenvalue weighted by Gasteiger charge is -2.27. The number of aryl methyl sites for hydroxylation is 2. The predicted molar refractivity (Wildman–Crippen MR) is 91.0 cm³/mol. The second kappa shape index (κ2) is 10.6. The van der Waals surface area contributed by atoms with Gasteiger partial charge >= 0.3 is 0 Å². The molecular formula is C17H26ClNO3. The number of rotatable bonds is 10. The molecule has 0 fully saturated rings. The van der Waals surface area contributed by atoms with Crippen molar-refractivity contribution in [1.29, 1.82) is 0 Å². The highest BCUT2D eigenvalue weighted by molar-refractivity contribution is 6.29. The summed E-state index contributed by atoms with van der Waals surface area (Å²) in [6.07, 6.45) is 1.75. The molecule has 5 heteroatoms. The van der Waals surface area contributed by atoms with Crippen LogP contribution in [0, 0.1) is 0 Å². The number of alkyl halides is 1. The topological polar surface area (TPSA) is 38.8 Å². The van der Waals surface area contributed by atoms with E-state index in [0.717, 1.165) is 29.7 Å². The second-order valence-electron chi connectivity index (χ2n) is 4.92. The molecule has 1 aromatic rings. The van der Waals surface area contributed by atoms with Crippen LogP contribution in [-0.4, -0.2) is 45.3 Å². The number of amides is 1. The number of anilines is 1. The predicted octanol–water partition coefficient (Wildman–Crippen LogP) is 3.05.